The fourth-order valence-corrected chi connectivity index (χ4v) is 5.16. The summed E-state index contributed by atoms with van der Waals surface area (Å²) in [4.78, 5) is 16.2. The van der Waals surface area contributed by atoms with Crippen molar-refractivity contribution in [3.63, 3.8) is 0 Å². The Balaban J connectivity index is 1.22. The molecule has 2 aromatic rings. The minimum absolute atomic E-state index is 0.0982. The topological polar surface area (TPSA) is 86.0 Å². The zero-order valence-corrected chi connectivity index (χ0v) is 18.8. The number of rotatable bonds is 4. The number of carbonyl (C=O) groups is 1. The fraction of sp³-hybridized carbons (Fsp3) is 0.440. The molecule has 9 heteroatoms. The van der Waals surface area contributed by atoms with E-state index in [4.69, 9.17) is 14.7 Å². The van der Waals surface area contributed by atoms with E-state index in [9.17, 15) is 18.7 Å². The summed E-state index contributed by atoms with van der Waals surface area (Å²) in [5.74, 6) is -2.21. The predicted octanol–water partition coefficient (Wildman–Crippen LogP) is 2.61. The van der Waals surface area contributed by atoms with Crippen molar-refractivity contribution in [1.82, 2.24) is 9.80 Å². The highest BCUT2D eigenvalue weighted by Gasteiger charge is 2.36. The van der Waals surface area contributed by atoms with Crippen molar-refractivity contribution < 1.29 is 28.2 Å². The Morgan fingerprint density at radius 3 is 2.74 bits per heavy atom. The maximum atomic E-state index is 13.9. The molecular weight excluding hydrogens is 444 g/mol. The molecular formula is C25H25F2N3O4. The highest BCUT2D eigenvalue weighted by atomic mass is 19.1. The van der Waals surface area contributed by atoms with E-state index in [1.165, 1.54) is 6.07 Å². The summed E-state index contributed by atoms with van der Waals surface area (Å²) in [6, 6.07) is 7.45. The number of halogens is 2. The molecule has 2 aromatic carbocycles. The first kappa shape index (κ1) is 22.9. The number of nitriles is 1. The van der Waals surface area contributed by atoms with Crippen molar-refractivity contribution in [3.8, 4) is 6.07 Å². The number of benzene rings is 2. The average Bonchev–Trinajstić information content (AvgIpc) is 3.20. The summed E-state index contributed by atoms with van der Waals surface area (Å²) >= 11 is 0. The number of piperazine rings is 1. The van der Waals surface area contributed by atoms with Crippen molar-refractivity contribution >= 4 is 5.97 Å². The van der Waals surface area contributed by atoms with Crippen LogP contribution in [0.3, 0.4) is 0 Å². The molecule has 2 fully saturated rings. The van der Waals surface area contributed by atoms with Crippen LogP contribution in [0.2, 0.25) is 0 Å². The van der Waals surface area contributed by atoms with Gasteiger partial charge in [0.1, 0.15) is 29.9 Å². The van der Waals surface area contributed by atoms with E-state index in [1.807, 2.05) is 19.1 Å². The number of hydrogen-bond acceptors (Lipinski definition) is 7. The number of morpholine rings is 1. The van der Waals surface area contributed by atoms with Gasteiger partial charge in [-0.05, 0) is 41.8 Å². The Morgan fingerprint density at radius 2 is 2.00 bits per heavy atom. The summed E-state index contributed by atoms with van der Waals surface area (Å²) in [6.07, 6.45) is -1.17. The van der Waals surface area contributed by atoms with Gasteiger partial charge in [-0.1, -0.05) is 6.07 Å². The second-order valence-corrected chi connectivity index (χ2v) is 9.10. The first-order valence-corrected chi connectivity index (χ1v) is 11.3. The van der Waals surface area contributed by atoms with Gasteiger partial charge in [0.2, 0.25) is 0 Å². The number of esters is 1. The number of ether oxygens (including phenoxy) is 2. The van der Waals surface area contributed by atoms with Gasteiger partial charge in [-0.15, -0.1) is 0 Å². The fourth-order valence-electron chi connectivity index (χ4n) is 5.16. The second-order valence-electron chi connectivity index (χ2n) is 9.10. The lowest BCUT2D eigenvalue weighted by Crippen LogP contribution is -2.58. The maximum absolute atomic E-state index is 13.9. The first-order valence-electron chi connectivity index (χ1n) is 11.3. The zero-order valence-electron chi connectivity index (χ0n) is 18.8. The molecule has 5 rings (SSSR count). The smallest absolute Gasteiger partial charge is 0.338 e. The van der Waals surface area contributed by atoms with Crippen LogP contribution < -0.4 is 0 Å². The van der Waals surface area contributed by atoms with Gasteiger partial charge in [0.15, 0.2) is 0 Å². The monoisotopic (exact) mass is 469 g/mol. The summed E-state index contributed by atoms with van der Waals surface area (Å²) < 4.78 is 39.2. The molecule has 0 aromatic heterocycles. The third-order valence-corrected chi connectivity index (χ3v) is 7.13. The normalized spacial score (nSPS) is 23.7. The molecule has 0 amide bonds. The number of cyclic esters (lactones) is 1. The van der Waals surface area contributed by atoms with E-state index in [2.05, 4.69) is 9.80 Å². The highest BCUT2D eigenvalue weighted by molar-refractivity contribution is 5.93. The van der Waals surface area contributed by atoms with Gasteiger partial charge >= 0.3 is 5.97 Å². The molecule has 2 saturated heterocycles. The van der Waals surface area contributed by atoms with Crippen LogP contribution in [0.15, 0.2) is 24.3 Å². The minimum atomic E-state index is -1.07. The van der Waals surface area contributed by atoms with Crippen molar-refractivity contribution in [3.05, 3.63) is 69.3 Å². The quantitative estimate of drug-likeness (QED) is 0.689. The van der Waals surface area contributed by atoms with Crippen molar-refractivity contribution in [2.45, 2.75) is 31.8 Å². The summed E-state index contributed by atoms with van der Waals surface area (Å²) in [7, 11) is 0. The van der Waals surface area contributed by atoms with Crippen molar-refractivity contribution in [2.24, 2.45) is 0 Å². The number of nitrogens with zero attached hydrogens (tertiary/aromatic N) is 3. The van der Waals surface area contributed by atoms with Gasteiger partial charge in [-0.3, -0.25) is 9.80 Å². The molecule has 3 heterocycles. The zero-order chi connectivity index (χ0) is 24.0. The molecule has 178 valence electrons. The standard InChI is InChI=1S/C25H25F2N3O4/c1-14-17(2-3-18-20(14)13-34-25(18)32)24-11-30-5-4-29(9-16(30)12-33-24)10-23(31)15-6-21(26)19(8-28)22(27)7-15/h2-3,6-7,16,23-24,31H,4-5,9-13H2,1H3/t16-,23?,24-/m0/s1. The van der Waals surface area contributed by atoms with Crippen LogP contribution in [0.25, 0.3) is 0 Å². The van der Waals surface area contributed by atoms with E-state index in [1.54, 1.807) is 0 Å². The molecule has 3 aliphatic rings. The van der Waals surface area contributed by atoms with Crippen LogP contribution in [0.4, 0.5) is 8.78 Å². The van der Waals surface area contributed by atoms with E-state index < -0.39 is 23.3 Å². The Hall–Kier alpha value is -2.90. The van der Waals surface area contributed by atoms with E-state index in [0.29, 0.717) is 31.9 Å². The molecule has 1 N–H and O–H groups in total. The summed E-state index contributed by atoms with van der Waals surface area (Å²) in [6.45, 7) is 5.92. The van der Waals surface area contributed by atoms with E-state index in [0.717, 1.165) is 41.9 Å². The number of aliphatic hydroxyl groups excluding tert-OH is 1. The van der Waals surface area contributed by atoms with Crippen LogP contribution >= 0.6 is 0 Å². The molecule has 0 saturated carbocycles. The van der Waals surface area contributed by atoms with Crippen LogP contribution in [-0.4, -0.2) is 66.2 Å². The lowest BCUT2D eigenvalue weighted by Gasteiger charge is -2.46. The number of β-amino-alcohol motifs (C(OH)–C–C–N with tert-alkyl or cyclic N) is 1. The van der Waals surface area contributed by atoms with Crippen LogP contribution in [0.1, 0.15) is 50.4 Å². The summed E-state index contributed by atoms with van der Waals surface area (Å²) in [5.41, 5.74) is 3.14. The molecule has 1 unspecified atom stereocenters. The van der Waals surface area contributed by atoms with Gasteiger partial charge < -0.3 is 14.6 Å². The molecule has 7 nitrogen and oxygen atoms in total. The van der Waals surface area contributed by atoms with Crippen LogP contribution in [0, 0.1) is 29.9 Å². The Labute approximate surface area is 196 Å². The Kier molecular flexibility index (Phi) is 6.08. The van der Waals surface area contributed by atoms with E-state index >= 15 is 0 Å². The molecule has 0 radical (unpaired) electrons. The van der Waals surface area contributed by atoms with Gasteiger partial charge in [-0.25, -0.2) is 13.6 Å². The Morgan fingerprint density at radius 1 is 1.24 bits per heavy atom. The predicted molar refractivity (Wildman–Crippen MR) is 117 cm³/mol. The third-order valence-electron chi connectivity index (χ3n) is 7.13. The lowest BCUT2D eigenvalue weighted by molar-refractivity contribution is -0.0939. The van der Waals surface area contributed by atoms with E-state index in [-0.39, 0.29) is 30.2 Å². The molecule has 0 spiro atoms. The van der Waals surface area contributed by atoms with Gasteiger partial charge in [0.05, 0.1) is 24.4 Å². The third kappa shape index (κ3) is 4.07. The number of fused-ring (bicyclic) bond motifs is 2. The molecule has 0 bridgehead atoms. The van der Waals surface area contributed by atoms with Crippen LogP contribution in [0.5, 0.6) is 0 Å². The number of aliphatic hydroxyl groups is 1. The second kappa shape index (κ2) is 9.04. The largest absolute Gasteiger partial charge is 0.457 e. The lowest BCUT2D eigenvalue weighted by atomic mass is 9.94. The van der Waals surface area contributed by atoms with Crippen molar-refractivity contribution in [2.75, 3.05) is 39.3 Å². The number of carbonyl (C=O) groups excluding carboxylic acids is 1. The first-order chi connectivity index (χ1) is 16.4. The summed E-state index contributed by atoms with van der Waals surface area (Å²) in [5, 5.41) is 19.4. The average molecular weight is 469 g/mol. The van der Waals surface area contributed by atoms with Crippen molar-refractivity contribution in [1.29, 1.82) is 5.26 Å². The molecule has 3 atom stereocenters. The highest BCUT2D eigenvalue weighted by Crippen LogP contribution is 2.34. The van der Waals surface area contributed by atoms with Gasteiger partial charge in [0.25, 0.3) is 0 Å². The minimum Gasteiger partial charge on any atom is -0.457 e. The van der Waals surface area contributed by atoms with Crippen LogP contribution in [-0.2, 0) is 16.1 Å². The Bertz CT molecular complexity index is 1160. The molecule has 3 aliphatic heterocycles. The SMILES string of the molecule is Cc1c([C@@H]2CN3CCN(CC(O)c4cc(F)c(C#N)c(F)c4)C[C@H]3CO2)ccc2c1COC2=O. The van der Waals surface area contributed by atoms with Gasteiger partial charge in [0, 0.05) is 44.3 Å². The number of hydrogen-bond donors (Lipinski definition) is 1. The van der Waals surface area contributed by atoms with Gasteiger partial charge in [-0.2, -0.15) is 5.26 Å². The maximum Gasteiger partial charge on any atom is 0.338 e. The molecule has 34 heavy (non-hydrogen) atoms. The molecule has 0 aliphatic carbocycles.